The van der Waals surface area contributed by atoms with Gasteiger partial charge in [-0.2, -0.15) is 0 Å². The van der Waals surface area contributed by atoms with E-state index in [1.165, 1.54) is 25.8 Å². The van der Waals surface area contributed by atoms with Crippen LogP contribution in [0.15, 0.2) is 42.5 Å². The number of nitrogens with one attached hydrogen (secondary N) is 1. The van der Waals surface area contributed by atoms with Crippen molar-refractivity contribution in [2.24, 2.45) is 5.92 Å². The smallest absolute Gasteiger partial charge is 0.409 e. The van der Waals surface area contributed by atoms with Crippen LogP contribution in [0.5, 0.6) is 5.75 Å². The maximum absolute atomic E-state index is 14.6. The highest BCUT2D eigenvalue weighted by Gasteiger charge is 2.38. The predicted molar refractivity (Wildman–Crippen MR) is 143 cm³/mol. The Morgan fingerprint density at radius 1 is 1.05 bits per heavy atom. The number of nitrogens with zero attached hydrogens (tertiary/aromatic N) is 2. The van der Waals surface area contributed by atoms with Crippen molar-refractivity contribution >= 4 is 23.6 Å². The molecule has 2 heterocycles. The highest BCUT2D eigenvalue weighted by molar-refractivity contribution is 6.30. The minimum absolute atomic E-state index is 0.00888. The SMILES string of the molecule is COC(=O)N1CCN(C(=O)[C@@H]2CNC[C@H]2c2ccc(OC)cc2F)CCCC1C.Cc1ccc(Cl)cc1. The molecule has 2 fully saturated rings. The number of hydrogen-bond donors (Lipinski definition) is 1. The van der Waals surface area contributed by atoms with Crippen LogP contribution in [0.4, 0.5) is 9.18 Å². The third-order valence-corrected chi connectivity index (χ3v) is 7.31. The van der Waals surface area contributed by atoms with Gasteiger partial charge < -0.3 is 24.6 Å². The number of hydrogen-bond acceptors (Lipinski definition) is 5. The molecule has 0 spiro atoms. The van der Waals surface area contributed by atoms with Crippen LogP contribution in [0.1, 0.15) is 36.8 Å². The van der Waals surface area contributed by atoms with E-state index >= 15 is 0 Å². The summed E-state index contributed by atoms with van der Waals surface area (Å²) >= 11 is 5.61. The molecule has 0 bridgehead atoms. The molecule has 2 aliphatic rings. The molecular formula is C28H37ClFN3O4. The largest absolute Gasteiger partial charge is 0.497 e. The second kappa shape index (κ2) is 13.6. The van der Waals surface area contributed by atoms with Crippen LogP contribution in [-0.4, -0.2) is 74.8 Å². The van der Waals surface area contributed by atoms with E-state index in [0.29, 0.717) is 44.0 Å². The molecule has 2 amide bonds. The first-order valence-corrected chi connectivity index (χ1v) is 13.0. The fourth-order valence-electron chi connectivity index (χ4n) is 4.87. The van der Waals surface area contributed by atoms with Crippen molar-refractivity contribution in [3.05, 3.63) is 64.4 Å². The minimum Gasteiger partial charge on any atom is -0.497 e. The molecule has 2 saturated heterocycles. The van der Waals surface area contributed by atoms with Crippen LogP contribution in [0.2, 0.25) is 5.02 Å². The van der Waals surface area contributed by atoms with Crippen LogP contribution in [0.3, 0.4) is 0 Å². The Kier molecular flexibility index (Phi) is 10.6. The maximum atomic E-state index is 14.6. The van der Waals surface area contributed by atoms with Gasteiger partial charge in [0.15, 0.2) is 0 Å². The lowest BCUT2D eigenvalue weighted by molar-refractivity contribution is -0.136. The van der Waals surface area contributed by atoms with Crippen LogP contribution in [-0.2, 0) is 9.53 Å². The zero-order valence-electron chi connectivity index (χ0n) is 22.0. The van der Waals surface area contributed by atoms with E-state index in [1.54, 1.807) is 17.0 Å². The lowest BCUT2D eigenvalue weighted by Gasteiger charge is -2.35. The normalized spacial score (nSPS) is 21.8. The molecule has 0 saturated carbocycles. The topological polar surface area (TPSA) is 71.1 Å². The summed E-state index contributed by atoms with van der Waals surface area (Å²) < 4.78 is 24.6. The Morgan fingerprint density at radius 3 is 2.41 bits per heavy atom. The molecule has 202 valence electrons. The van der Waals surface area contributed by atoms with E-state index in [0.717, 1.165) is 17.9 Å². The van der Waals surface area contributed by atoms with E-state index in [1.807, 2.05) is 43.0 Å². The molecule has 2 aromatic rings. The fraction of sp³-hybridized carbons (Fsp3) is 0.500. The number of rotatable bonds is 3. The summed E-state index contributed by atoms with van der Waals surface area (Å²) in [4.78, 5) is 28.8. The zero-order chi connectivity index (χ0) is 26.9. The average molecular weight is 534 g/mol. The number of carbonyl (C=O) groups excluding carboxylic acids is 2. The molecule has 0 radical (unpaired) electrons. The molecule has 1 N–H and O–H groups in total. The molecule has 4 rings (SSSR count). The first-order chi connectivity index (χ1) is 17.7. The van der Waals surface area contributed by atoms with Gasteiger partial charge in [0.1, 0.15) is 11.6 Å². The summed E-state index contributed by atoms with van der Waals surface area (Å²) in [7, 11) is 2.87. The number of ether oxygens (including phenoxy) is 2. The van der Waals surface area contributed by atoms with Crippen molar-refractivity contribution in [2.75, 3.05) is 46.9 Å². The van der Waals surface area contributed by atoms with Gasteiger partial charge in [0.25, 0.3) is 0 Å². The van der Waals surface area contributed by atoms with Crippen molar-refractivity contribution in [2.45, 2.75) is 38.6 Å². The number of amides is 2. The van der Waals surface area contributed by atoms with Crippen molar-refractivity contribution in [3.8, 4) is 5.75 Å². The summed E-state index contributed by atoms with van der Waals surface area (Å²) in [6, 6.07) is 12.6. The number of aryl methyl sites for hydroxylation is 1. The van der Waals surface area contributed by atoms with Crippen LogP contribution < -0.4 is 10.1 Å². The van der Waals surface area contributed by atoms with Crippen molar-refractivity contribution < 1.29 is 23.5 Å². The van der Waals surface area contributed by atoms with Gasteiger partial charge in [0.2, 0.25) is 5.91 Å². The first-order valence-electron chi connectivity index (χ1n) is 12.6. The minimum atomic E-state index is -0.368. The third kappa shape index (κ3) is 7.58. The van der Waals surface area contributed by atoms with Gasteiger partial charge in [0, 0.05) is 55.8 Å². The third-order valence-electron chi connectivity index (χ3n) is 7.06. The van der Waals surface area contributed by atoms with Gasteiger partial charge in [-0.15, -0.1) is 0 Å². The summed E-state index contributed by atoms with van der Waals surface area (Å²) in [5.74, 6) is -0.444. The summed E-state index contributed by atoms with van der Waals surface area (Å²) in [6.07, 6.45) is 1.24. The van der Waals surface area contributed by atoms with E-state index in [9.17, 15) is 14.0 Å². The monoisotopic (exact) mass is 533 g/mol. The number of carbonyl (C=O) groups is 2. The van der Waals surface area contributed by atoms with Crippen molar-refractivity contribution in [1.82, 2.24) is 15.1 Å². The Bertz CT molecular complexity index is 1030. The highest BCUT2D eigenvalue weighted by Crippen LogP contribution is 2.33. The predicted octanol–water partition coefficient (Wildman–Crippen LogP) is 4.87. The van der Waals surface area contributed by atoms with Crippen molar-refractivity contribution in [1.29, 1.82) is 0 Å². The van der Waals surface area contributed by atoms with Gasteiger partial charge in [-0.05, 0) is 50.5 Å². The van der Waals surface area contributed by atoms with Crippen LogP contribution >= 0.6 is 11.6 Å². The number of methoxy groups -OCH3 is 2. The van der Waals surface area contributed by atoms with E-state index < -0.39 is 0 Å². The van der Waals surface area contributed by atoms with Gasteiger partial charge in [-0.25, -0.2) is 9.18 Å². The van der Waals surface area contributed by atoms with Gasteiger partial charge in [0.05, 0.1) is 20.1 Å². The second-order valence-electron chi connectivity index (χ2n) is 9.53. The lowest BCUT2D eigenvalue weighted by atomic mass is 9.87. The van der Waals surface area contributed by atoms with Gasteiger partial charge >= 0.3 is 6.09 Å². The molecule has 9 heteroatoms. The second-order valence-corrected chi connectivity index (χ2v) is 9.97. The van der Waals surface area contributed by atoms with E-state index in [2.05, 4.69) is 5.32 Å². The molecule has 37 heavy (non-hydrogen) atoms. The molecular weight excluding hydrogens is 497 g/mol. The van der Waals surface area contributed by atoms with E-state index in [4.69, 9.17) is 21.1 Å². The Balaban J connectivity index is 0.000000405. The fourth-order valence-corrected chi connectivity index (χ4v) is 5.00. The standard InChI is InChI=1S/C21H30FN3O4.C7H7Cl/c1-14-5-4-8-24(9-10-25(14)21(27)29-3)20(26)18-13-23-12-17(18)16-7-6-15(28-2)11-19(16)22;1-6-2-4-7(8)5-3-6/h6-7,11,14,17-18,23H,4-5,8-10,12-13H2,1-3H3;2-5H,1H3/t14?,17-,18+;/m0./s1. The highest BCUT2D eigenvalue weighted by atomic mass is 35.5. The lowest BCUT2D eigenvalue weighted by Crippen LogP contribution is -2.49. The summed E-state index contributed by atoms with van der Waals surface area (Å²) in [6.45, 7) is 6.63. The quantitative estimate of drug-likeness (QED) is 0.610. The van der Waals surface area contributed by atoms with Crippen LogP contribution in [0, 0.1) is 18.7 Å². The zero-order valence-corrected chi connectivity index (χ0v) is 22.8. The Labute approximate surface area is 223 Å². The number of benzene rings is 2. The van der Waals surface area contributed by atoms with Gasteiger partial charge in [-0.1, -0.05) is 35.4 Å². The summed E-state index contributed by atoms with van der Waals surface area (Å²) in [5.41, 5.74) is 1.78. The molecule has 3 atom stereocenters. The Hall–Kier alpha value is -2.84. The molecule has 7 nitrogen and oxygen atoms in total. The molecule has 2 aromatic carbocycles. The molecule has 2 aliphatic heterocycles. The van der Waals surface area contributed by atoms with Crippen molar-refractivity contribution in [3.63, 3.8) is 0 Å². The average Bonchev–Trinajstić information content (AvgIpc) is 3.37. The number of halogens is 2. The maximum Gasteiger partial charge on any atom is 0.409 e. The molecule has 1 unspecified atom stereocenters. The Morgan fingerprint density at radius 2 is 1.78 bits per heavy atom. The summed E-state index contributed by atoms with van der Waals surface area (Å²) in [5, 5.41) is 4.04. The van der Waals surface area contributed by atoms with Crippen LogP contribution in [0.25, 0.3) is 0 Å². The van der Waals surface area contributed by atoms with Gasteiger partial charge in [-0.3, -0.25) is 4.79 Å². The molecule has 0 aromatic heterocycles. The van der Waals surface area contributed by atoms with E-state index in [-0.39, 0.29) is 35.7 Å². The molecule has 0 aliphatic carbocycles. The first kappa shape index (κ1) is 28.7.